The molecule has 170 valence electrons. The predicted octanol–water partition coefficient (Wildman–Crippen LogP) is 5.97. The summed E-state index contributed by atoms with van der Waals surface area (Å²) in [6.45, 7) is 2.05. The lowest BCUT2D eigenvalue weighted by Gasteiger charge is -2.18. The minimum Gasteiger partial charge on any atom is -0.321 e. The van der Waals surface area contributed by atoms with Crippen LogP contribution in [-0.2, 0) is 22.4 Å². The summed E-state index contributed by atoms with van der Waals surface area (Å²) in [4.78, 5) is 28.1. The Kier molecular flexibility index (Phi) is 7.36. The van der Waals surface area contributed by atoms with Crippen LogP contribution < -0.4 is 10.2 Å². The van der Waals surface area contributed by atoms with Crippen LogP contribution in [0.5, 0.6) is 0 Å². The molecule has 1 N–H and O–H groups in total. The number of carbonyl (C=O) groups is 2. The van der Waals surface area contributed by atoms with Crippen LogP contribution in [0.1, 0.15) is 18.1 Å². The molecule has 5 nitrogen and oxygen atoms in total. The van der Waals surface area contributed by atoms with Gasteiger partial charge in [0.2, 0.25) is 5.91 Å². The van der Waals surface area contributed by atoms with Gasteiger partial charge in [-0.25, -0.2) is 0 Å². The molecule has 1 atom stereocenters. The van der Waals surface area contributed by atoms with E-state index in [1.165, 1.54) is 16.7 Å². The number of hydrogen-bond donors (Lipinski definition) is 1. The molecule has 1 heterocycles. The fourth-order valence-corrected chi connectivity index (χ4v) is 5.22. The maximum Gasteiger partial charge on any atom is 0.269 e. The topological polar surface area (TPSA) is 73.2 Å². The van der Waals surface area contributed by atoms with Crippen molar-refractivity contribution in [2.24, 2.45) is 0 Å². The maximum atomic E-state index is 13.5. The van der Waals surface area contributed by atoms with Gasteiger partial charge in [0.25, 0.3) is 5.91 Å². The maximum absolute atomic E-state index is 13.5. The Hall–Kier alpha value is -3.53. The molecule has 1 fully saturated rings. The highest BCUT2D eigenvalue weighted by atomic mass is 35.5. The lowest BCUT2D eigenvalue weighted by molar-refractivity contribution is -0.117. The number of aryl methyl sites for hydroxylation is 1. The zero-order valence-corrected chi connectivity index (χ0v) is 20.1. The Labute approximate surface area is 208 Å². The Morgan fingerprint density at radius 2 is 1.79 bits per heavy atom. The van der Waals surface area contributed by atoms with Crippen LogP contribution in [0.25, 0.3) is 0 Å². The summed E-state index contributed by atoms with van der Waals surface area (Å²) in [5.41, 5.74) is 3.15. The average molecular weight is 488 g/mol. The van der Waals surface area contributed by atoms with Crippen LogP contribution in [0.2, 0.25) is 5.02 Å². The average Bonchev–Trinajstić information content (AvgIpc) is 3.16. The summed E-state index contributed by atoms with van der Waals surface area (Å²) in [6.07, 6.45) is 1.32. The van der Waals surface area contributed by atoms with Gasteiger partial charge in [0.05, 0.1) is 5.25 Å². The molecule has 34 heavy (non-hydrogen) atoms. The van der Waals surface area contributed by atoms with E-state index in [4.69, 9.17) is 11.6 Å². The summed E-state index contributed by atoms with van der Waals surface area (Å²) in [5.74, 6) is -0.731. The molecule has 0 spiro atoms. The van der Waals surface area contributed by atoms with Gasteiger partial charge in [0, 0.05) is 16.4 Å². The van der Waals surface area contributed by atoms with Gasteiger partial charge in [0.15, 0.2) is 0 Å². The summed E-state index contributed by atoms with van der Waals surface area (Å²) in [7, 11) is 0. The fourth-order valence-electron chi connectivity index (χ4n) is 3.69. The van der Waals surface area contributed by atoms with Crippen molar-refractivity contribution in [1.82, 2.24) is 0 Å². The number of halogens is 1. The molecule has 0 aliphatic carbocycles. The van der Waals surface area contributed by atoms with E-state index in [0.29, 0.717) is 27.8 Å². The normalized spacial score (nSPS) is 16.8. The molecule has 4 rings (SSSR count). The van der Waals surface area contributed by atoms with E-state index in [2.05, 4.69) is 12.2 Å². The molecular weight excluding hydrogens is 466 g/mol. The largest absolute Gasteiger partial charge is 0.321 e. The van der Waals surface area contributed by atoms with Gasteiger partial charge in [-0.3, -0.25) is 14.5 Å². The van der Waals surface area contributed by atoms with Crippen molar-refractivity contribution in [2.75, 3.05) is 10.2 Å². The molecule has 0 aromatic heterocycles. The van der Waals surface area contributed by atoms with Gasteiger partial charge in [-0.05, 0) is 60.4 Å². The van der Waals surface area contributed by atoms with E-state index in [-0.39, 0.29) is 11.5 Å². The van der Waals surface area contributed by atoms with Gasteiger partial charge in [-0.2, -0.15) is 5.26 Å². The number of anilines is 2. The molecule has 1 aliphatic rings. The number of thioether (sulfide) groups is 1. The van der Waals surface area contributed by atoms with Crippen molar-refractivity contribution >= 4 is 46.6 Å². The number of rotatable bonds is 6. The first-order valence-corrected chi connectivity index (χ1v) is 12.1. The first-order chi connectivity index (χ1) is 16.5. The SMILES string of the molecule is CCc1ccc(NC(=O)C(C#N)=C2SC(Cc3cccc(Cl)c3)C(=O)N2c2ccccc2)cc1. The van der Waals surface area contributed by atoms with Gasteiger partial charge in [0.1, 0.15) is 16.7 Å². The first kappa shape index (κ1) is 23.6. The number of benzene rings is 3. The van der Waals surface area contributed by atoms with Crippen LogP contribution >= 0.6 is 23.4 Å². The molecular formula is C27H22ClN3O2S. The second-order valence-electron chi connectivity index (χ2n) is 7.75. The molecule has 7 heteroatoms. The highest BCUT2D eigenvalue weighted by Gasteiger charge is 2.40. The smallest absolute Gasteiger partial charge is 0.269 e. The minimum atomic E-state index is -0.550. The molecule has 0 saturated carbocycles. The predicted molar refractivity (Wildman–Crippen MR) is 138 cm³/mol. The van der Waals surface area contributed by atoms with Crippen LogP contribution in [-0.4, -0.2) is 17.1 Å². The molecule has 2 amide bonds. The van der Waals surface area contributed by atoms with E-state index < -0.39 is 11.2 Å². The van der Waals surface area contributed by atoms with Crippen LogP contribution in [0.4, 0.5) is 11.4 Å². The Morgan fingerprint density at radius 1 is 1.06 bits per heavy atom. The first-order valence-electron chi connectivity index (χ1n) is 10.8. The Balaban J connectivity index is 1.69. The Morgan fingerprint density at radius 3 is 2.44 bits per heavy atom. The molecule has 0 bridgehead atoms. The van der Waals surface area contributed by atoms with Crippen molar-refractivity contribution in [1.29, 1.82) is 5.26 Å². The summed E-state index contributed by atoms with van der Waals surface area (Å²) >= 11 is 7.35. The zero-order valence-electron chi connectivity index (χ0n) is 18.5. The van der Waals surface area contributed by atoms with E-state index >= 15 is 0 Å². The summed E-state index contributed by atoms with van der Waals surface area (Å²) < 4.78 is 0. The van der Waals surface area contributed by atoms with Crippen LogP contribution in [0.3, 0.4) is 0 Å². The second-order valence-corrected chi connectivity index (χ2v) is 9.37. The van der Waals surface area contributed by atoms with Gasteiger partial charge in [-0.1, -0.05) is 72.8 Å². The third-order valence-corrected chi connectivity index (χ3v) is 6.95. The minimum absolute atomic E-state index is 0.102. The van der Waals surface area contributed by atoms with Gasteiger partial charge < -0.3 is 5.32 Å². The van der Waals surface area contributed by atoms with Crippen molar-refractivity contribution < 1.29 is 9.59 Å². The van der Waals surface area contributed by atoms with Crippen LogP contribution in [0.15, 0.2) is 89.5 Å². The third kappa shape index (κ3) is 5.17. The lowest BCUT2D eigenvalue weighted by atomic mass is 10.1. The van der Waals surface area contributed by atoms with Crippen molar-refractivity contribution in [3.63, 3.8) is 0 Å². The van der Waals surface area contributed by atoms with Gasteiger partial charge >= 0.3 is 0 Å². The van der Waals surface area contributed by atoms with Crippen molar-refractivity contribution in [3.8, 4) is 6.07 Å². The highest BCUT2D eigenvalue weighted by Crippen LogP contribution is 2.42. The quantitative estimate of drug-likeness (QED) is 0.343. The fraction of sp³-hybridized carbons (Fsp3) is 0.148. The molecule has 0 radical (unpaired) electrons. The van der Waals surface area contributed by atoms with Crippen LogP contribution in [0, 0.1) is 11.3 Å². The monoisotopic (exact) mass is 487 g/mol. The molecule has 1 aliphatic heterocycles. The van der Waals surface area contributed by atoms with Crippen molar-refractivity contribution in [2.45, 2.75) is 25.0 Å². The molecule has 3 aromatic carbocycles. The van der Waals surface area contributed by atoms with E-state index in [1.54, 1.807) is 30.3 Å². The van der Waals surface area contributed by atoms with E-state index in [0.717, 1.165) is 17.5 Å². The number of nitrogens with one attached hydrogen (secondary N) is 1. The van der Waals surface area contributed by atoms with E-state index in [1.807, 2.05) is 54.6 Å². The van der Waals surface area contributed by atoms with E-state index in [9.17, 15) is 14.9 Å². The number of nitriles is 1. The van der Waals surface area contributed by atoms with Gasteiger partial charge in [-0.15, -0.1) is 0 Å². The Bertz CT molecular complexity index is 1280. The summed E-state index contributed by atoms with van der Waals surface area (Å²) in [5, 5.41) is 13.2. The zero-order chi connectivity index (χ0) is 24.1. The second kappa shape index (κ2) is 10.6. The standard InChI is InChI=1S/C27H22ClN3O2S/c1-2-18-11-13-21(14-12-18)30-25(32)23(17-29)27-31(22-9-4-3-5-10-22)26(33)24(34-27)16-19-7-6-8-20(28)15-19/h3-15,24H,2,16H2,1H3,(H,30,32). The number of para-hydroxylation sites is 1. The van der Waals surface area contributed by atoms with Crippen molar-refractivity contribution in [3.05, 3.63) is 106 Å². The third-order valence-electron chi connectivity index (χ3n) is 5.45. The number of amides is 2. The number of hydrogen-bond acceptors (Lipinski definition) is 4. The molecule has 1 saturated heterocycles. The summed E-state index contributed by atoms with van der Waals surface area (Å²) in [6, 6.07) is 25.9. The molecule has 3 aromatic rings. The number of nitrogens with zero attached hydrogens (tertiary/aromatic N) is 2. The lowest BCUT2D eigenvalue weighted by Crippen LogP contribution is -2.30. The molecule has 1 unspecified atom stereocenters. The highest BCUT2D eigenvalue weighted by molar-refractivity contribution is 8.05. The number of carbonyl (C=O) groups excluding carboxylic acids is 2.